The topological polar surface area (TPSA) is 53.9 Å². The fourth-order valence-corrected chi connectivity index (χ4v) is 4.12. The van der Waals surface area contributed by atoms with E-state index >= 15 is 0 Å². The van der Waals surface area contributed by atoms with Gasteiger partial charge in [0.05, 0.1) is 18.0 Å². The highest BCUT2D eigenvalue weighted by Crippen LogP contribution is 2.43. The van der Waals surface area contributed by atoms with Crippen molar-refractivity contribution < 1.29 is 27.1 Å². The summed E-state index contributed by atoms with van der Waals surface area (Å²) >= 11 is 0. The van der Waals surface area contributed by atoms with E-state index < -0.39 is 40.6 Å². The number of nitrogens with one attached hydrogen (secondary N) is 1. The quantitative estimate of drug-likeness (QED) is 0.428. The fraction of sp³-hybridized carbons (Fsp3) is 0.417. The number of ether oxygens (including phenoxy) is 1. The Hall–Kier alpha value is -2.94. The standard InChI is InChI=1S/C24H27F4N3O2/c1-4-5-6-18-22(17-9-7-15(25)13-19(17)27)30-31(21-10-8-16(26)14-20(21)28)24(18,2)23(32)29-11-12-33-3/h7-10,13-14,18H,4-6,11-12H2,1-3H3,(H,29,32). The van der Waals surface area contributed by atoms with Crippen LogP contribution in [0.1, 0.15) is 38.7 Å². The van der Waals surface area contributed by atoms with Gasteiger partial charge >= 0.3 is 0 Å². The van der Waals surface area contributed by atoms with Crippen LogP contribution in [0.25, 0.3) is 0 Å². The van der Waals surface area contributed by atoms with Crippen molar-refractivity contribution >= 4 is 17.3 Å². The third kappa shape index (κ3) is 4.88. The van der Waals surface area contributed by atoms with Gasteiger partial charge in [0.25, 0.3) is 0 Å². The van der Waals surface area contributed by atoms with Gasteiger partial charge in [0, 0.05) is 37.3 Å². The summed E-state index contributed by atoms with van der Waals surface area (Å²) in [6.07, 6.45) is 1.93. The largest absolute Gasteiger partial charge is 0.383 e. The summed E-state index contributed by atoms with van der Waals surface area (Å²) in [5.74, 6) is -4.39. The van der Waals surface area contributed by atoms with Crippen molar-refractivity contribution in [3.8, 4) is 0 Å². The number of hydrogen-bond donors (Lipinski definition) is 1. The van der Waals surface area contributed by atoms with E-state index in [1.165, 1.54) is 24.3 Å². The molecule has 9 heteroatoms. The summed E-state index contributed by atoms with van der Waals surface area (Å²) in [7, 11) is 1.49. The number of rotatable bonds is 9. The second-order valence-corrected chi connectivity index (χ2v) is 8.11. The minimum absolute atomic E-state index is 0.0263. The van der Waals surface area contributed by atoms with Crippen molar-refractivity contribution in [1.29, 1.82) is 0 Å². The molecule has 1 heterocycles. The Morgan fingerprint density at radius 1 is 1.12 bits per heavy atom. The number of benzene rings is 2. The number of unbranched alkanes of at least 4 members (excludes halogenated alkanes) is 1. The average Bonchev–Trinajstić information content (AvgIpc) is 3.05. The molecule has 0 radical (unpaired) electrons. The second-order valence-electron chi connectivity index (χ2n) is 8.11. The van der Waals surface area contributed by atoms with Gasteiger partial charge in [-0.1, -0.05) is 19.8 Å². The van der Waals surface area contributed by atoms with E-state index in [1.54, 1.807) is 6.92 Å². The Morgan fingerprint density at radius 3 is 2.39 bits per heavy atom. The van der Waals surface area contributed by atoms with E-state index in [4.69, 9.17) is 4.74 Å². The molecule has 1 N–H and O–H groups in total. The van der Waals surface area contributed by atoms with Crippen LogP contribution >= 0.6 is 0 Å². The lowest BCUT2D eigenvalue weighted by Crippen LogP contribution is -2.58. The molecule has 0 saturated heterocycles. The van der Waals surface area contributed by atoms with Crippen LogP contribution in [-0.4, -0.2) is 37.4 Å². The third-order valence-electron chi connectivity index (χ3n) is 5.90. The Balaban J connectivity index is 2.18. The summed E-state index contributed by atoms with van der Waals surface area (Å²) in [6, 6.07) is 6.06. The molecule has 1 aliphatic heterocycles. The summed E-state index contributed by atoms with van der Waals surface area (Å²) in [4.78, 5) is 13.5. The molecule has 1 aliphatic rings. The van der Waals surface area contributed by atoms with Crippen LogP contribution in [0.15, 0.2) is 41.5 Å². The van der Waals surface area contributed by atoms with Crippen molar-refractivity contribution in [1.82, 2.24) is 5.32 Å². The van der Waals surface area contributed by atoms with Gasteiger partial charge in [-0.25, -0.2) is 22.6 Å². The lowest BCUT2D eigenvalue weighted by molar-refractivity contribution is -0.127. The summed E-state index contributed by atoms with van der Waals surface area (Å²) in [5.41, 5.74) is -1.36. The van der Waals surface area contributed by atoms with Crippen molar-refractivity contribution in [3.05, 3.63) is 65.2 Å². The first kappa shape index (κ1) is 24.7. The van der Waals surface area contributed by atoms with E-state index in [9.17, 15) is 22.4 Å². The minimum atomic E-state index is -1.46. The maximum absolute atomic E-state index is 14.8. The molecule has 3 rings (SSSR count). The van der Waals surface area contributed by atoms with Crippen LogP contribution in [-0.2, 0) is 9.53 Å². The first-order valence-electron chi connectivity index (χ1n) is 10.8. The van der Waals surface area contributed by atoms with Crippen LogP contribution in [0.5, 0.6) is 0 Å². The van der Waals surface area contributed by atoms with Crippen LogP contribution in [0.3, 0.4) is 0 Å². The van der Waals surface area contributed by atoms with Crippen LogP contribution in [0, 0.1) is 29.2 Å². The molecule has 0 fully saturated rings. The Bertz CT molecular complexity index is 1050. The predicted octanol–water partition coefficient (Wildman–Crippen LogP) is 4.80. The van der Waals surface area contributed by atoms with Crippen molar-refractivity contribution in [2.75, 3.05) is 25.3 Å². The second kappa shape index (κ2) is 10.3. The highest BCUT2D eigenvalue weighted by Gasteiger charge is 2.54. The molecule has 5 nitrogen and oxygen atoms in total. The molecular weight excluding hydrogens is 438 g/mol. The zero-order valence-electron chi connectivity index (χ0n) is 18.8. The van der Waals surface area contributed by atoms with E-state index in [-0.39, 0.29) is 30.1 Å². The van der Waals surface area contributed by atoms with Gasteiger partial charge in [-0.2, -0.15) is 5.10 Å². The van der Waals surface area contributed by atoms with Crippen molar-refractivity contribution in [2.24, 2.45) is 11.0 Å². The fourth-order valence-electron chi connectivity index (χ4n) is 4.12. The van der Waals surface area contributed by atoms with E-state index in [2.05, 4.69) is 10.4 Å². The molecule has 2 aromatic rings. The van der Waals surface area contributed by atoms with Crippen LogP contribution in [0.4, 0.5) is 23.2 Å². The smallest absolute Gasteiger partial charge is 0.248 e. The first-order valence-corrected chi connectivity index (χ1v) is 10.8. The number of hydrazone groups is 1. The summed E-state index contributed by atoms with van der Waals surface area (Å²) < 4.78 is 61.8. The first-order chi connectivity index (χ1) is 15.7. The molecule has 2 unspecified atom stereocenters. The number of carbonyl (C=O) groups excluding carboxylic acids is 1. The molecular formula is C24H27F4N3O2. The molecule has 33 heavy (non-hydrogen) atoms. The van der Waals surface area contributed by atoms with E-state index in [1.807, 2.05) is 6.92 Å². The molecule has 0 bridgehead atoms. The number of halogens is 4. The summed E-state index contributed by atoms with van der Waals surface area (Å²) in [6.45, 7) is 4.02. The lowest BCUT2D eigenvalue weighted by atomic mass is 9.76. The van der Waals surface area contributed by atoms with Crippen molar-refractivity contribution in [2.45, 2.75) is 38.6 Å². The monoisotopic (exact) mass is 465 g/mol. The molecule has 1 amide bonds. The maximum Gasteiger partial charge on any atom is 0.248 e. The molecule has 0 aromatic heterocycles. The molecule has 0 saturated carbocycles. The van der Waals surface area contributed by atoms with Gasteiger partial charge in [0.15, 0.2) is 5.82 Å². The van der Waals surface area contributed by atoms with E-state index in [0.29, 0.717) is 18.9 Å². The minimum Gasteiger partial charge on any atom is -0.383 e. The molecule has 0 spiro atoms. The van der Waals surface area contributed by atoms with Gasteiger partial charge in [-0.05, 0) is 37.6 Å². The zero-order chi connectivity index (χ0) is 24.2. The van der Waals surface area contributed by atoms with Gasteiger partial charge < -0.3 is 10.1 Å². The molecule has 178 valence electrons. The predicted molar refractivity (Wildman–Crippen MR) is 118 cm³/mol. The number of amides is 1. The number of hydrogen-bond acceptors (Lipinski definition) is 4. The average molecular weight is 465 g/mol. The van der Waals surface area contributed by atoms with Gasteiger partial charge in [-0.15, -0.1) is 0 Å². The normalized spacial score (nSPS) is 20.2. The SMILES string of the molecule is CCCCC1C(c2ccc(F)cc2F)=NN(c2ccc(F)cc2F)C1(C)C(=O)NCCOC. The molecule has 2 aromatic carbocycles. The van der Waals surface area contributed by atoms with Crippen LogP contribution < -0.4 is 10.3 Å². The number of carbonyl (C=O) groups is 1. The number of nitrogens with zero attached hydrogens (tertiary/aromatic N) is 2. The van der Waals surface area contributed by atoms with Gasteiger partial charge in [0.2, 0.25) is 5.91 Å². The lowest BCUT2D eigenvalue weighted by Gasteiger charge is -2.37. The Kier molecular flexibility index (Phi) is 7.73. The number of methoxy groups -OCH3 is 1. The molecule has 2 atom stereocenters. The van der Waals surface area contributed by atoms with E-state index in [0.717, 1.165) is 24.6 Å². The highest BCUT2D eigenvalue weighted by molar-refractivity contribution is 6.10. The Labute approximate surface area is 190 Å². The van der Waals surface area contributed by atoms with Crippen molar-refractivity contribution in [3.63, 3.8) is 0 Å². The highest BCUT2D eigenvalue weighted by atomic mass is 19.1. The third-order valence-corrected chi connectivity index (χ3v) is 5.90. The van der Waals surface area contributed by atoms with Gasteiger partial charge in [-0.3, -0.25) is 4.79 Å². The zero-order valence-corrected chi connectivity index (χ0v) is 18.8. The van der Waals surface area contributed by atoms with Crippen LogP contribution in [0.2, 0.25) is 0 Å². The maximum atomic E-state index is 14.8. The molecule has 0 aliphatic carbocycles. The van der Waals surface area contributed by atoms with Gasteiger partial charge in [0.1, 0.15) is 23.0 Å². The summed E-state index contributed by atoms with van der Waals surface area (Å²) in [5, 5.41) is 8.43. The Morgan fingerprint density at radius 2 is 1.79 bits per heavy atom. The number of anilines is 1.